The third-order valence-corrected chi connectivity index (χ3v) is 5.22. The number of nitrogens with one attached hydrogen (secondary N) is 3. The molecule has 1 aliphatic rings. The second-order valence-electron chi connectivity index (χ2n) is 7.61. The van der Waals surface area contributed by atoms with Crippen molar-refractivity contribution in [1.82, 2.24) is 25.5 Å². The highest BCUT2D eigenvalue weighted by Crippen LogP contribution is 2.13. The van der Waals surface area contributed by atoms with Crippen LogP contribution in [0.1, 0.15) is 45.9 Å². The number of imidazole rings is 1. The molecule has 3 rings (SSSR count). The normalized spacial score (nSPS) is 17.0. The molecule has 0 atom stereocenters. The summed E-state index contributed by atoms with van der Waals surface area (Å²) in [6.07, 6.45) is 4.27. The van der Waals surface area contributed by atoms with Gasteiger partial charge >= 0.3 is 0 Å². The fraction of sp³-hybridized carbons (Fsp3) is 0.619. The number of likely N-dealkylation sites (tertiary alicyclic amines) is 1. The third-order valence-electron chi connectivity index (χ3n) is 5.22. The van der Waals surface area contributed by atoms with Crippen LogP contribution in [0.4, 0.5) is 0 Å². The van der Waals surface area contributed by atoms with Gasteiger partial charge in [0.15, 0.2) is 5.96 Å². The first-order chi connectivity index (χ1) is 13.2. The van der Waals surface area contributed by atoms with Crippen LogP contribution in [0.15, 0.2) is 29.3 Å². The van der Waals surface area contributed by atoms with Crippen LogP contribution in [-0.4, -0.2) is 59.1 Å². The standard InChI is InChI=1S/C21H34N6/c1-4-22-21(24-17-11-14-27(15-12-17)16(2)3)23-13-7-10-20-25-18-8-5-6-9-19(18)26-20/h5-6,8-9,16-17H,4,7,10-15H2,1-3H3,(H,25,26)(H2,22,23,24). The second kappa shape index (κ2) is 9.74. The van der Waals surface area contributed by atoms with E-state index >= 15 is 0 Å². The number of aryl methyl sites for hydroxylation is 1. The number of aliphatic imine (C=N–C) groups is 1. The van der Waals surface area contributed by atoms with Crippen LogP contribution in [0, 0.1) is 0 Å². The van der Waals surface area contributed by atoms with Crippen molar-refractivity contribution >= 4 is 17.0 Å². The molecular formula is C21H34N6. The van der Waals surface area contributed by atoms with Gasteiger partial charge in [0.2, 0.25) is 0 Å². The minimum Gasteiger partial charge on any atom is -0.357 e. The fourth-order valence-corrected chi connectivity index (χ4v) is 3.63. The van der Waals surface area contributed by atoms with Crippen LogP contribution >= 0.6 is 0 Å². The zero-order chi connectivity index (χ0) is 19.1. The summed E-state index contributed by atoms with van der Waals surface area (Å²) in [6, 6.07) is 9.35. The topological polar surface area (TPSA) is 68.3 Å². The van der Waals surface area contributed by atoms with Gasteiger partial charge in [-0.05, 0) is 52.2 Å². The Morgan fingerprint density at radius 2 is 2.07 bits per heavy atom. The largest absolute Gasteiger partial charge is 0.357 e. The van der Waals surface area contributed by atoms with Crippen LogP contribution in [-0.2, 0) is 6.42 Å². The number of rotatable bonds is 7. The van der Waals surface area contributed by atoms with Gasteiger partial charge in [0.25, 0.3) is 0 Å². The lowest BCUT2D eigenvalue weighted by atomic mass is 10.0. The number of piperidine rings is 1. The van der Waals surface area contributed by atoms with E-state index in [1.54, 1.807) is 0 Å². The lowest BCUT2D eigenvalue weighted by Crippen LogP contribution is -2.49. The maximum Gasteiger partial charge on any atom is 0.191 e. The number of H-pyrrole nitrogens is 1. The molecule has 0 radical (unpaired) electrons. The first-order valence-corrected chi connectivity index (χ1v) is 10.4. The average Bonchev–Trinajstić information content (AvgIpc) is 3.08. The Morgan fingerprint density at radius 3 is 2.78 bits per heavy atom. The van der Waals surface area contributed by atoms with Crippen molar-refractivity contribution in [3.05, 3.63) is 30.1 Å². The molecule has 1 fully saturated rings. The highest BCUT2D eigenvalue weighted by molar-refractivity contribution is 5.80. The summed E-state index contributed by atoms with van der Waals surface area (Å²) < 4.78 is 0. The lowest BCUT2D eigenvalue weighted by molar-refractivity contribution is 0.167. The van der Waals surface area contributed by atoms with Crippen molar-refractivity contribution < 1.29 is 0 Å². The molecule has 1 saturated heterocycles. The Morgan fingerprint density at radius 1 is 1.30 bits per heavy atom. The number of nitrogens with zero attached hydrogens (tertiary/aromatic N) is 3. The first kappa shape index (κ1) is 19.7. The van der Waals surface area contributed by atoms with E-state index in [-0.39, 0.29) is 0 Å². The van der Waals surface area contributed by atoms with Gasteiger partial charge in [-0.1, -0.05) is 12.1 Å². The smallest absolute Gasteiger partial charge is 0.191 e. The van der Waals surface area contributed by atoms with Crippen molar-refractivity contribution in [2.24, 2.45) is 4.99 Å². The number of para-hydroxylation sites is 2. The Kier molecular flexibility index (Phi) is 7.10. The molecule has 1 aliphatic heterocycles. The van der Waals surface area contributed by atoms with Crippen molar-refractivity contribution in [2.75, 3.05) is 26.2 Å². The van der Waals surface area contributed by atoms with Gasteiger partial charge in [-0.25, -0.2) is 4.98 Å². The summed E-state index contributed by atoms with van der Waals surface area (Å²) in [5.41, 5.74) is 2.15. The first-order valence-electron chi connectivity index (χ1n) is 10.4. The van der Waals surface area contributed by atoms with Gasteiger partial charge in [-0.15, -0.1) is 0 Å². The van der Waals surface area contributed by atoms with E-state index < -0.39 is 0 Å². The molecule has 27 heavy (non-hydrogen) atoms. The highest BCUT2D eigenvalue weighted by Gasteiger charge is 2.21. The summed E-state index contributed by atoms with van der Waals surface area (Å²) in [5.74, 6) is 2.00. The molecule has 0 bridgehead atoms. The lowest BCUT2D eigenvalue weighted by Gasteiger charge is -2.35. The van der Waals surface area contributed by atoms with E-state index in [1.807, 2.05) is 18.2 Å². The number of benzene rings is 1. The molecule has 0 amide bonds. The van der Waals surface area contributed by atoms with Crippen molar-refractivity contribution in [1.29, 1.82) is 0 Å². The van der Waals surface area contributed by atoms with Crippen LogP contribution < -0.4 is 10.6 Å². The van der Waals surface area contributed by atoms with E-state index in [1.165, 1.54) is 25.9 Å². The zero-order valence-electron chi connectivity index (χ0n) is 17.0. The SMILES string of the molecule is CCNC(=NCCCc1nc2ccccc2[nH]1)NC1CCN(C(C)C)CC1. The molecule has 3 N–H and O–H groups in total. The molecule has 0 spiro atoms. The van der Waals surface area contributed by atoms with Gasteiger partial charge in [0.05, 0.1) is 11.0 Å². The molecule has 1 aromatic carbocycles. The average molecular weight is 371 g/mol. The van der Waals surface area contributed by atoms with Crippen molar-refractivity contribution in [3.63, 3.8) is 0 Å². The van der Waals surface area contributed by atoms with E-state index in [9.17, 15) is 0 Å². The molecule has 6 heteroatoms. The number of fused-ring (bicyclic) bond motifs is 1. The number of guanidine groups is 1. The van der Waals surface area contributed by atoms with Gasteiger partial charge in [0, 0.05) is 44.7 Å². The van der Waals surface area contributed by atoms with Crippen molar-refractivity contribution in [3.8, 4) is 0 Å². The molecule has 2 aromatic rings. The predicted molar refractivity (Wildman–Crippen MR) is 113 cm³/mol. The molecule has 6 nitrogen and oxygen atoms in total. The van der Waals surface area contributed by atoms with Crippen LogP contribution in [0.2, 0.25) is 0 Å². The molecular weight excluding hydrogens is 336 g/mol. The van der Waals surface area contributed by atoms with Gasteiger partial charge < -0.3 is 20.5 Å². The van der Waals surface area contributed by atoms with E-state index in [0.717, 1.165) is 48.7 Å². The Bertz CT molecular complexity index is 694. The van der Waals surface area contributed by atoms with Crippen LogP contribution in [0.3, 0.4) is 0 Å². The maximum atomic E-state index is 4.77. The number of aromatic amines is 1. The summed E-state index contributed by atoms with van der Waals surface area (Å²) >= 11 is 0. The summed E-state index contributed by atoms with van der Waals surface area (Å²) in [5, 5.41) is 7.01. The third kappa shape index (κ3) is 5.70. The summed E-state index contributed by atoms with van der Waals surface area (Å²) in [7, 11) is 0. The van der Waals surface area contributed by atoms with E-state index in [4.69, 9.17) is 4.99 Å². The summed E-state index contributed by atoms with van der Waals surface area (Å²) in [6.45, 7) is 10.7. The summed E-state index contributed by atoms with van der Waals surface area (Å²) in [4.78, 5) is 15.4. The van der Waals surface area contributed by atoms with Gasteiger partial charge in [-0.2, -0.15) is 0 Å². The Balaban J connectivity index is 1.45. The molecule has 1 aromatic heterocycles. The van der Waals surface area contributed by atoms with Gasteiger partial charge in [0.1, 0.15) is 5.82 Å². The predicted octanol–water partition coefficient (Wildman–Crippen LogP) is 2.92. The quantitative estimate of drug-likeness (QED) is 0.398. The zero-order valence-corrected chi connectivity index (χ0v) is 17.0. The van der Waals surface area contributed by atoms with Crippen LogP contribution in [0.25, 0.3) is 11.0 Å². The minimum atomic E-state index is 0.521. The van der Waals surface area contributed by atoms with E-state index in [0.29, 0.717) is 12.1 Å². The number of hydrogen-bond acceptors (Lipinski definition) is 3. The molecule has 0 aliphatic carbocycles. The molecule has 2 heterocycles. The van der Waals surface area contributed by atoms with E-state index in [2.05, 4.69) is 52.3 Å². The monoisotopic (exact) mass is 370 g/mol. The molecule has 0 unspecified atom stereocenters. The minimum absolute atomic E-state index is 0.521. The van der Waals surface area contributed by atoms with Crippen LogP contribution in [0.5, 0.6) is 0 Å². The molecule has 0 saturated carbocycles. The number of aromatic nitrogens is 2. The molecule has 148 valence electrons. The van der Waals surface area contributed by atoms with Crippen molar-refractivity contribution in [2.45, 2.75) is 58.5 Å². The fourth-order valence-electron chi connectivity index (χ4n) is 3.63. The highest BCUT2D eigenvalue weighted by atomic mass is 15.2. The maximum absolute atomic E-state index is 4.77. The van der Waals surface area contributed by atoms with Gasteiger partial charge in [-0.3, -0.25) is 4.99 Å². The number of hydrogen-bond donors (Lipinski definition) is 3. The Hall–Kier alpha value is -2.08. The Labute approximate surface area is 162 Å². The second-order valence-corrected chi connectivity index (χ2v) is 7.61.